The van der Waals surface area contributed by atoms with E-state index in [4.69, 9.17) is 0 Å². The van der Waals surface area contributed by atoms with Crippen LogP contribution in [0.5, 0.6) is 0 Å². The summed E-state index contributed by atoms with van der Waals surface area (Å²) >= 11 is 0. The maximum absolute atomic E-state index is 3.34. The number of hydrogen-bond donors (Lipinski definition) is 0. The van der Waals surface area contributed by atoms with Gasteiger partial charge in [0.15, 0.2) is 0 Å². The van der Waals surface area contributed by atoms with Crippen molar-refractivity contribution in [2.24, 2.45) is 53.3 Å². The fraction of sp³-hybridized carbons (Fsp3) is 0.852. The molecule has 2 heterocycles. The van der Waals surface area contributed by atoms with Gasteiger partial charge in [-0.05, 0) is 219 Å². The molecule has 9 aliphatic carbocycles. The number of likely N-dealkylation sites (tertiary alicyclic amines) is 2. The zero-order valence-electron chi connectivity index (χ0n) is 35.9. The van der Waals surface area contributed by atoms with E-state index in [-0.39, 0.29) is 0 Å². The molecule has 0 aromatic carbocycles. The first-order valence-electron chi connectivity index (χ1n) is 26.1. The molecule has 2 aliphatic heterocycles. The highest BCUT2D eigenvalue weighted by atomic mass is 15.3. The lowest BCUT2D eigenvalue weighted by molar-refractivity contribution is 0.0441. The van der Waals surface area contributed by atoms with E-state index < -0.39 is 0 Å². The average Bonchev–Trinajstić information content (AvgIpc) is 3.79. The second-order valence-electron chi connectivity index (χ2n) is 22.5. The number of allylic oxidation sites excluding steroid dienone is 6. The monoisotopic (exact) mass is 759 g/mol. The smallest absolute Gasteiger partial charge is 0.0290 e. The Balaban J connectivity index is 0.814. The Hall–Kier alpha value is -1.12. The largest absolute Gasteiger partial charge is 0.290 e. The molecule has 11 aliphatic rings. The summed E-state index contributed by atoms with van der Waals surface area (Å²) in [6.07, 6.45) is 59.5. The lowest BCUT2D eigenvalue weighted by atomic mass is 9.62. The lowest BCUT2D eigenvalue weighted by Gasteiger charge is -2.47. The summed E-state index contributed by atoms with van der Waals surface area (Å²) in [6.45, 7) is 0. The highest BCUT2D eigenvalue weighted by Gasteiger charge is 2.57. The van der Waals surface area contributed by atoms with Crippen molar-refractivity contribution in [3.05, 3.63) is 47.1 Å². The number of rotatable bonds is 6. The molecule has 0 radical (unpaired) electrons. The van der Waals surface area contributed by atoms with Gasteiger partial charge >= 0.3 is 0 Å². The maximum Gasteiger partial charge on any atom is 0.0290 e. The molecule has 0 amide bonds. The Kier molecular flexibility index (Phi) is 11.3. The zero-order valence-corrected chi connectivity index (χ0v) is 35.9. The summed E-state index contributed by atoms with van der Waals surface area (Å²) in [5.74, 6) is 8.88. The van der Waals surface area contributed by atoms with Crippen LogP contribution >= 0.6 is 0 Å². The molecule has 2 heteroatoms. The molecular weight excluding hydrogens is 677 g/mol. The van der Waals surface area contributed by atoms with Gasteiger partial charge in [0, 0.05) is 36.3 Å². The fourth-order valence-electron chi connectivity index (χ4n) is 17.7. The van der Waals surface area contributed by atoms with Gasteiger partial charge in [-0.3, -0.25) is 9.80 Å². The Morgan fingerprint density at radius 1 is 0.411 bits per heavy atom. The second kappa shape index (κ2) is 16.7. The summed E-state index contributed by atoms with van der Waals surface area (Å²) in [5.41, 5.74) is 5.50. The third-order valence-corrected chi connectivity index (χ3v) is 20.0. The minimum atomic E-state index is 0.739. The van der Waals surface area contributed by atoms with Crippen molar-refractivity contribution in [3.8, 4) is 0 Å². The van der Waals surface area contributed by atoms with Gasteiger partial charge in [-0.15, -0.1) is 0 Å². The Morgan fingerprint density at radius 3 is 1.75 bits per heavy atom. The van der Waals surface area contributed by atoms with Crippen molar-refractivity contribution < 1.29 is 0 Å². The summed E-state index contributed by atoms with van der Waals surface area (Å²) in [4.78, 5) is 6.59. The molecule has 11 rings (SSSR count). The zero-order chi connectivity index (χ0) is 37.0. The number of hydrogen-bond acceptors (Lipinski definition) is 2. The van der Waals surface area contributed by atoms with E-state index in [2.05, 4.69) is 40.2 Å². The van der Waals surface area contributed by atoms with E-state index in [1.54, 1.807) is 49.7 Å². The summed E-state index contributed by atoms with van der Waals surface area (Å²) < 4.78 is 0. The van der Waals surface area contributed by atoms with Gasteiger partial charge in [-0.1, -0.05) is 80.9 Å². The van der Waals surface area contributed by atoms with Crippen LogP contribution in [0.1, 0.15) is 199 Å². The first kappa shape index (κ1) is 37.8. The van der Waals surface area contributed by atoms with E-state index in [1.165, 1.54) is 161 Å². The van der Waals surface area contributed by atoms with Crippen LogP contribution in [0, 0.1) is 53.3 Å². The molecule has 5 saturated carbocycles. The molecule has 14 atom stereocenters. The molecule has 0 N–H and O–H groups in total. The minimum absolute atomic E-state index is 0.739. The van der Waals surface area contributed by atoms with Crippen LogP contribution in [-0.2, 0) is 0 Å². The van der Waals surface area contributed by atoms with Gasteiger partial charge in [-0.25, -0.2) is 0 Å². The third-order valence-electron chi connectivity index (χ3n) is 20.0. The quantitative estimate of drug-likeness (QED) is 0.249. The molecule has 9 unspecified atom stereocenters. The van der Waals surface area contributed by atoms with Crippen LogP contribution in [0.25, 0.3) is 0 Å². The average molecular weight is 759 g/mol. The van der Waals surface area contributed by atoms with Crippen LogP contribution in [0.2, 0.25) is 0 Å². The van der Waals surface area contributed by atoms with Gasteiger partial charge in [-0.2, -0.15) is 0 Å². The molecule has 308 valence electrons. The fourth-order valence-corrected chi connectivity index (χ4v) is 17.7. The van der Waals surface area contributed by atoms with Gasteiger partial charge in [0.1, 0.15) is 0 Å². The van der Waals surface area contributed by atoms with Gasteiger partial charge < -0.3 is 0 Å². The third kappa shape index (κ3) is 7.17. The van der Waals surface area contributed by atoms with Crippen molar-refractivity contribution in [3.63, 3.8) is 0 Å². The van der Waals surface area contributed by atoms with Gasteiger partial charge in [0.25, 0.3) is 0 Å². The van der Waals surface area contributed by atoms with E-state index in [1.807, 2.05) is 5.57 Å². The van der Waals surface area contributed by atoms with Crippen molar-refractivity contribution in [1.82, 2.24) is 9.80 Å². The maximum atomic E-state index is 3.34. The highest BCUT2D eigenvalue weighted by molar-refractivity contribution is 5.35. The predicted molar refractivity (Wildman–Crippen MR) is 234 cm³/mol. The highest BCUT2D eigenvalue weighted by Crippen LogP contribution is 2.58. The van der Waals surface area contributed by atoms with Crippen LogP contribution in [0.15, 0.2) is 47.1 Å². The lowest BCUT2D eigenvalue weighted by Crippen LogP contribution is -2.49. The predicted octanol–water partition coefficient (Wildman–Crippen LogP) is 13.9. The van der Waals surface area contributed by atoms with E-state index in [0.717, 1.165) is 89.5 Å². The molecule has 7 fully saturated rings. The summed E-state index contributed by atoms with van der Waals surface area (Å²) in [7, 11) is 0. The molecule has 0 aromatic rings. The Bertz CT molecular complexity index is 1490. The molecule has 0 spiro atoms. The van der Waals surface area contributed by atoms with Crippen LogP contribution in [0.4, 0.5) is 0 Å². The molecule has 0 aromatic heterocycles. The number of fused-ring (bicyclic) bond motifs is 6. The Morgan fingerprint density at radius 2 is 1.07 bits per heavy atom. The normalized spacial score (nSPS) is 46.5. The SMILES string of the molecule is C1=CC[C@@H]([C@@H]2CC(C3CCCCC3)=CC(N3C4CCC([C@H]5CCC6C(C5)[C@@H]5CCCCC5N6C5C=C(C6=CCCCC6)CCC5)CC4[C@@H]4CCCCC43)C2)CC1. The van der Waals surface area contributed by atoms with Crippen LogP contribution in [-0.4, -0.2) is 46.1 Å². The van der Waals surface area contributed by atoms with Crippen molar-refractivity contribution in [1.29, 1.82) is 0 Å². The van der Waals surface area contributed by atoms with Crippen LogP contribution in [0.3, 0.4) is 0 Å². The van der Waals surface area contributed by atoms with E-state index >= 15 is 0 Å². The molecule has 2 nitrogen and oxygen atoms in total. The van der Waals surface area contributed by atoms with E-state index in [9.17, 15) is 0 Å². The Labute approximate surface area is 344 Å². The standard InChI is InChI=1S/C54H82N2/c1-4-15-37(16-5-1)40-21-14-22-45(32-40)55-51-25-12-10-23-47(51)49-35-41(27-29-53(49)55)42-28-30-54-50(36-42)48-24-11-13-26-52(48)56(54)46-33-43(38-17-6-2-7-18-38)31-44(34-46)39-19-8-3-9-20-39/h2,6,15,32,34,38-39,41-43,45-54H,1,3-5,7-14,16-31,33,35-36H2/t38-,41+,42?,43-,45?,46?,47+,48+,49?,50?,51?,52?,53?,54?/m1/s1. The van der Waals surface area contributed by atoms with Gasteiger partial charge in [0.05, 0.1) is 0 Å². The first-order chi connectivity index (χ1) is 27.8. The summed E-state index contributed by atoms with van der Waals surface area (Å²) in [6, 6.07) is 5.08. The summed E-state index contributed by atoms with van der Waals surface area (Å²) in [5, 5.41) is 0. The molecule has 0 bridgehead atoms. The second-order valence-corrected chi connectivity index (χ2v) is 22.5. The molecule has 56 heavy (non-hydrogen) atoms. The topological polar surface area (TPSA) is 6.48 Å². The van der Waals surface area contributed by atoms with Gasteiger partial charge in [0.2, 0.25) is 0 Å². The minimum Gasteiger partial charge on any atom is -0.290 e. The molecule has 2 saturated heterocycles. The van der Waals surface area contributed by atoms with Crippen molar-refractivity contribution in [2.45, 2.75) is 235 Å². The van der Waals surface area contributed by atoms with Crippen molar-refractivity contribution >= 4 is 0 Å². The van der Waals surface area contributed by atoms with Crippen molar-refractivity contribution in [2.75, 3.05) is 0 Å². The number of nitrogens with zero attached hydrogens (tertiary/aromatic N) is 2. The molecular formula is C54H82N2. The first-order valence-corrected chi connectivity index (χ1v) is 26.1. The van der Waals surface area contributed by atoms with Crippen LogP contribution < -0.4 is 0 Å². The van der Waals surface area contributed by atoms with E-state index in [0.29, 0.717) is 0 Å².